The van der Waals surface area contributed by atoms with Crippen LogP contribution in [0.3, 0.4) is 0 Å². The van der Waals surface area contributed by atoms with Gasteiger partial charge in [-0.1, -0.05) is 18.5 Å². The number of nitrogens with zero attached hydrogens (tertiary/aromatic N) is 2. The van der Waals surface area contributed by atoms with Crippen LogP contribution in [0.25, 0.3) is 5.65 Å². The van der Waals surface area contributed by atoms with Crippen molar-refractivity contribution in [3.63, 3.8) is 0 Å². The Morgan fingerprint density at radius 2 is 2.16 bits per heavy atom. The first-order chi connectivity index (χ1) is 12.0. The number of amides is 1. The van der Waals surface area contributed by atoms with Gasteiger partial charge in [-0.25, -0.2) is 4.98 Å². The van der Waals surface area contributed by atoms with Crippen molar-refractivity contribution in [3.05, 3.63) is 52.9 Å². The molecule has 2 aromatic heterocycles. The zero-order valence-corrected chi connectivity index (χ0v) is 14.7. The van der Waals surface area contributed by atoms with E-state index >= 15 is 0 Å². The van der Waals surface area contributed by atoms with Crippen LogP contribution in [0.2, 0.25) is 5.02 Å². The standard InChI is InChI=1S/C18H18ClN3O3/c1-3-12-16(18(24)21-13-10-11(19)7-8-14(13)23)22-9-5-6-15(25-4-2)17(22)20-12/h5-10,23H,3-4H2,1-2H3,(H,21,24). The number of carbonyl (C=O) groups excluding carboxylic acids is 1. The molecule has 2 N–H and O–H groups in total. The summed E-state index contributed by atoms with van der Waals surface area (Å²) in [6.07, 6.45) is 2.34. The Balaban J connectivity index is 2.06. The fourth-order valence-corrected chi connectivity index (χ4v) is 2.81. The Morgan fingerprint density at radius 3 is 2.88 bits per heavy atom. The number of rotatable bonds is 5. The summed E-state index contributed by atoms with van der Waals surface area (Å²) < 4.78 is 7.29. The van der Waals surface area contributed by atoms with Crippen molar-refractivity contribution in [3.8, 4) is 11.5 Å². The van der Waals surface area contributed by atoms with Crippen molar-refractivity contribution < 1.29 is 14.6 Å². The summed E-state index contributed by atoms with van der Waals surface area (Å²) in [6.45, 7) is 4.32. The summed E-state index contributed by atoms with van der Waals surface area (Å²) in [6, 6.07) is 8.09. The zero-order chi connectivity index (χ0) is 18.0. The van der Waals surface area contributed by atoms with Crippen molar-refractivity contribution >= 4 is 28.8 Å². The maximum Gasteiger partial charge on any atom is 0.274 e. The molecule has 6 nitrogen and oxygen atoms in total. The molecule has 0 atom stereocenters. The van der Waals surface area contributed by atoms with Crippen molar-refractivity contribution in [1.82, 2.24) is 9.38 Å². The number of fused-ring (bicyclic) bond motifs is 1. The van der Waals surface area contributed by atoms with E-state index in [1.54, 1.807) is 22.7 Å². The molecule has 0 unspecified atom stereocenters. The highest BCUT2D eigenvalue weighted by Crippen LogP contribution is 2.28. The van der Waals surface area contributed by atoms with Crippen LogP contribution in [-0.2, 0) is 6.42 Å². The molecule has 0 fully saturated rings. The van der Waals surface area contributed by atoms with Crippen LogP contribution in [0.4, 0.5) is 5.69 Å². The lowest BCUT2D eigenvalue weighted by Gasteiger charge is -2.09. The van der Waals surface area contributed by atoms with E-state index in [4.69, 9.17) is 16.3 Å². The van der Waals surface area contributed by atoms with Gasteiger partial charge in [-0.05, 0) is 43.7 Å². The maximum atomic E-state index is 12.8. The zero-order valence-electron chi connectivity index (χ0n) is 13.9. The second kappa shape index (κ2) is 7.03. The molecule has 0 aliphatic heterocycles. The first-order valence-corrected chi connectivity index (χ1v) is 8.35. The molecule has 0 radical (unpaired) electrons. The van der Waals surface area contributed by atoms with Crippen LogP contribution in [-0.4, -0.2) is 27.0 Å². The van der Waals surface area contributed by atoms with Crippen LogP contribution >= 0.6 is 11.6 Å². The molecule has 2 heterocycles. The van der Waals surface area contributed by atoms with Gasteiger partial charge in [0.15, 0.2) is 11.4 Å². The lowest BCUT2D eigenvalue weighted by Crippen LogP contribution is -2.16. The second-order valence-corrected chi connectivity index (χ2v) is 5.81. The molecule has 0 saturated carbocycles. The molecule has 25 heavy (non-hydrogen) atoms. The minimum absolute atomic E-state index is 0.0559. The smallest absolute Gasteiger partial charge is 0.274 e. The summed E-state index contributed by atoms with van der Waals surface area (Å²) in [5.41, 5.74) is 1.88. The number of aryl methyl sites for hydroxylation is 1. The minimum Gasteiger partial charge on any atom is -0.506 e. The predicted octanol–water partition coefficient (Wildman–Crippen LogP) is 3.91. The van der Waals surface area contributed by atoms with Gasteiger partial charge in [0.25, 0.3) is 5.91 Å². The second-order valence-electron chi connectivity index (χ2n) is 5.38. The third-order valence-corrected chi connectivity index (χ3v) is 3.98. The van der Waals surface area contributed by atoms with Gasteiger partial charge in [-0.2, -0.15) is 0 Å². The average molecular weight is 360 g/mol. The van der Waals surface area contributed by atoms with Gasteiger partial charge in [0.1, 0.15) is 11.4 Å². The molecule has 0 saturated heterocycles. The van der Waals surface area contributed by atoms with Crippen molar-refractivity contribution in [2.75, 3.05) is 11.9 Å². The van der Waals surface area contributed by atoms with E-state index in [1.165, 1.54) is 12.1 Å². The van der Waals surface area contributed by atoms with Gasteiger partial charge in [0.2, 0.25) is 0 Å². The number of ether oxygens (including phenoxy) is 1. The van der Waals surface area contributed by atoms with Gasteiger partial charge < -0.3 is 15.2 Å². The topological polar surface area (TPSA) is 75.9 Å². The number of carbonyl (C=O) groups is 1. The number of anilines is 1. The van der Waals surface area contributed by atoms with Crippen LogP contribution in [0.15, 0.2) is 36.5 Å². The number of hydrogen-bond donors (Lipinski definition) is 2. The fraction of sp³-hybridized carbons (Fsp3) is 0.222. The molecule has 0 aliphatic rings. The van der Waals surface area contributed by atoms with E-state index in [1.807, 2.05) is 19.9 Å². The lowest BCUT2D eigenvalue weighted by molar-refractivity contribution is 0.102. The summed E-state index contributed by atoms with van der Waals surface area (Å²) in [5.74, 6) is 0.180. The summed E-state index contributed by atoms with van der Waals surface area (Å²) in [7, 11) is 0. The summed E-state index contributed by atoms with van der Waals surface area (Å²) in [5, 5.41) is 13.0. The Morgan fingerprint density at radius 1 is 1.36 bits per heavy atom. The third-order valence-electron chi connectivity index (χ3n) is 3.74. The number of aromatic nitrogens is 2. The van der Waals surface area contributed by atoms with E-state index in [0.29, 0.717) is 40.8 Å². The highest BCUT2D eigenvalue weighted by Gasteiger charge is 2.21. The number of phenolic OH excluding ortho intramolecular Hbond substituents is 1. The Hall–Kier alpha value is -2.73. The van der Waals surface area contributed by atoms with Crippen LogP contribution in [0.1, 0.15) is 30.0 Å². The number of halogens is 1. The first kappa shape index (κ1) is 17.1. The highest BCUT2D eigenvalue weighted by atomic mass is 35.5. The number of imidazole rings is 1. The van der Waals surface area contributed by atoms with Gasteiger partial charge >= 0.3 is 0 Å². The summed E-state index contributed by atoms with van der Waals surface area (Å²) in [4.78, 5) is 17.4. The van der Waals surface area contributed by atoms with E-state index in [-0.39, 0.29) is 17.3 Å². The molecule has 1 aromatic carbocycles. The average Bonchev–Trinajstić information content (AvgIpc) is 2.98. The third kappa shape index (κ3) is 3.25. The number of phenols is 1. The van der Waals surface area contributed by atoms with Crippen LogP contribution in [0.5, 0.6) is 11.5 Å². The van der Waals surface area contributed by atoms with Crippen LogP contribution < -0.4 is 10.1 Å². The van der Waals surface area contributed by atoms with Crippen LogP contribution in [0, 0.1) is 0 Å². The molecule has 7 heteroatoms. The molecule has 1 amide bonds. The molecule has 0 aliphatic carbocycles. The lowest BCUT2D eigenvalue weighted by atomic mass is 10.2. The molecule has 0 bridgehead atoms. The van der Waals surface area contributed by atoms with E-state index in [0.717, 1.165) is 0 Å². The monoisotopic (exact) mass is 359 g/mol. The molecule has 3 aromatic rings. The van der Waals surface area contributed by atoms with Crippen molar-refractivity contribution in [1.29, 1.82) is 0 Å². The van der Waals surface area contributed by atoms with Gasteiger partial charge in [-0.3, -0.25) is 9.20 Å². The van der Waals surface area contributed by atoms with E-state index in [2.05, 4.69) is 10.3 Å². The quantitative estimate of drug-likeness (QED) is 0.677. The number of nitrogens with one attached hydrogen (secondary N) is 1. The van der Waals surface area contributed by atoms with Crippen molar-refractivity contribution in [2.45, 2.75) is 20.3 Å². The Bertz CT molecular complexity index is 937. The van der Waals surface area contributed by atoms with Gasteiger partial charge in [0.05, 0.1) is 18.0 Å². The van der Waals surface area contributed by atoms with Gasteiger partial charge in [-0.15, -0.1) is 0 Å². The minimum atomic E-state index is -0.379. The van der Waals surface area contributed by atoms with E-state index in [9.17, 15) is 9.90 Å². The molecule has 130 valence electrons. The fourth-order valence-electron chi connectivity index (χ4n) is 2.63. The largest absolute Gasteiger partial charge is 0.506 e. The number of hydrogen-bond acceptors (Lipinski definition) is 4. The maximum absolute atomic E-state index is 12.8. The first-order valence-electron chi connectivity index (χ1n) is 7.97. The van der Waals surface area contributed by atoms with Gasteiger partial charge in [0, 0.05) is 11.2 Å². The molecular formula is C18H18ClN3O3. The number of pyridine rings is 1. The number of benzene rings is 1. The summed E-state index contributed by atoms with van der Waals surface area (Å²) >= 11 is 5.94. The molecule has 3 rings (SSSR count). The number of aromatic hydroxyl groups is 1. The Kier molecular flexibility index (Phi) is 4.81. The predicted molar refractivity (Wildman–Crippen MR) is 96.8 cm³/mol. The molecular weight excluding hydrogens is 342 g/mol. The molecule has 0 spiro atoms. The highest BCUT2D eigenvalue weighted by molar-refractivity contribution is 6.31. The normalized spacial score (nSPS) is 10.8. The van der Waals surface area contributed by atoms with E-state index < -0.39 is 0 Å². The Labute approximate surface area is 150 Å². The van der Waals surface area contributed by atoms with Crippen molar-refractivity contribution in [2.24, 2.45) is 0 Å². The SMILES string of the molecule is CCOc1cccn2c(C(=O)Nc3cc(Cl)ccc3O)c(CC)nc12.